The lowest BCUT2D eigenvalue weighted by atomic mass is 9.87. The summed E-state index contributed by atoms with van der Waals surface area (Å²) in [6.07, 6.45) is 1.47. The van der Waals surface area contributed by atoms with E-state index in [2.05, 4.69) is 0 Å². The zero-order valence-corrected chi connectivity index (χ0v) is 11.8. The molecule has 1 aromatic carbocycles. The molecule has 0 saturated carbocycles. The molecule has 2 aromatic heterocycles. The lowest BCUT2D eigenvalue weighted by Gasteiger charge is -2.24. The molecule has 23 heavy (non-hydrogen) atoms. The van der Waals surface area contributed by atoms with E-state index in [1.165, 1.54) is 6.26 Å². The second-order valence-electron chi connectivity index (χ2n) is 5.07. The van der Waals surface area contributed by atoms with Gasteiger partial charge in [0.1, 0.15) is 23.0 Å². The summed E-state index contributed by atoms with van der Waals surface area (Å²) in [6.45, 7) is 0. The van der Waals surface area contributed by atoms with Crippen LogP contribution in [0.1, 0.15) is 17.2 Å². The fraction of sp³-hybridized carbons (Fsp3) is 0.0588. The summed E-state index contributed by atoms with van der Waals surface area (Å²) >= 11 is 0. The lowest BCUT2D eigenvalue weighted by Crippen LogP contribution is -2.26. The van der Waals surface area contributed by atoms with Crippen molar-refractivity contribution in [1.82, 2.24) is 0 Å². The molecule has 0 aliphatic carbocycles. The van der Waals surface area contributed by atoms with Gasteiger partial charge in [0.05, 0.1) is 23.1 Å². The normalized spacial score (nSPS) is 16.7. The van der Waals surface area contributed by atoms with Crippen LogP contribution in [0, 0.1) is 11.3 Å². The van der Waals surface area contributed by atoms with Crippen molar-refractivity contribution in [1.29, 1.82) is 5.26 Å². The Morgan fingerprint density at radius 1 is 1.17 bits per heavy atom. The van der Waals surface area contributed by atoms with Crippen LogP contribution in [0.3, 0.4) is 0 Å². The highest BCUT2D eigenvalue weighted by Gasteiger charge is 2.36. The van der Waals surface area contributed by atoms with E-state index in [-0.39, 0.29) is 17.0 Å². The van der Waals surface area contributed by atoms with Crippen LogP contribution < -0.4 is 16.1 Å². The molecular weight excluding hydrogens is 296 g/mol. The Morgan fingerprint density at radius 3 is 2.74 bits per heavy atom. The summed E-state index contributed by atoms with van der Waals surface area (Å²) in [5, 5.41) is 10.0. The summed E-state index contributed by atoms with van der Waals surface area (Å²) in [4.78, 5) is 12.5. The number of para-hydroxylation sites is 1. The Labute approximate surface area is 130 Å². The molecule has 1 aliphatic heterocycles. The molecule has 4 rings (SSSR count). The molecule has 1 aliphatic rings. The molecule has 0 bridgehead atoms. The van der Waals surface area contributed by atoms with E-state index in [1.807, 2.05) is 6.07 Å². The topological polar surface area (TPSA) is 102 Å². The molecule has 112 valence electrons. The maximum absolute atomic E-state index is 12.5. The van der Waals surface area contributed by atoms with Crippen LogP contribution in [0.15, 0.2) is 67.7 Å². The third-order valence-electron chi connectivity index (χ3n) is 3.80. The van der Waals surface area contributed by atoms with Crippen molar-refractivity contribution in [3.8, 4) is 11.8 Å². The average molecular weight is 306 g/mol. The monoisotopic (exact) mass is 306 g/mol. The van der Waals surface area contributed by atoms with E-state index in [9.17, 15) is 10.1 Å². The van der Waals surface area contributed by atoms with E-state index in [0.29, 0.717) is 22.5 Å². The first kappa shape index (κ1) is 13.2. The van der Waals surface area contributed by atoms with Crippen molar-refractivity contribution in [2.45, 2.75) is 5.92 Å². The quantitative estimate of drug-likeness (QED) is 0.693. The molecule has 0 radical (unpaired) electrons. The largest absolute Gasteiger partial charge is 0.468 e. The summed E-state index contributed by atoms with van der Waals surface area (Å²) in [7, 11) is 0. The smallest absolute Gasteiger partial charge is 0.344 e. The predicted molar refractivity (Wildman–Crippen MR) is 80.5 cm³/mol. The number of ether oxygens (including phenoxy) is 1. The highest BCUT2D eigenvalue weighted by Crippen LogP contribution is 2.43. The van der Waals surface area contributed by atoms with E-state index in [1.54, 1.807) is 36.4 Å². The molecule has 0 fully saturated rings. The predicted octanol–water partition coefficient (Wildman–Crippen LogP) is 2.60. The number of nitrogens with two attached hydrogens (primary N) is 1. The third-order valence-corrected chi connectivity index (χ3v) is 3.80. The van der Waals surface area contributed by atoms with Gasteiger partial charge >= 0.3 is 5.63 Å². The minimum absolute atomic E-state index is 0.0443. The molecule has 2 N–H and O–H groups in total. The first-order valence-electron chi connectivity index (χ1n) is 6.87. The van der Waals surface area contributed by atoms with E-state index in [4.69, 9.17) is 19.3 Å². The lowest BCUT2D eigenvalue weighted by molar-refractivity contribution is 0.377. The Bertz CT molecular complexity index is 1040. The van der Waals surface area contributed by atoms with Crippen LogP contribution in [0.25, 0.3) is 11.0 Å². The highest BCUT2D eigenvalue weighted by atomic mass is 16.5. The van der Waals surface area contributed by atoms with Crippen LogP contribution in [0.5, 0.6) is 5.75 Å². The molecule has 0 spiro atoms. The van der Waals surface area contributed by atoms with Crippen molar-refractivity contribution < 1.29 is 13.6 Å². The summed E-state index contributed by atoms with van der Waals surface area (Å²) < 4.78 is 16.4. The molecular formula is C17H10N2O4. The van der Waals surface area contributed by atoms with Crippen LogP contribution >= 0.6 is 0 Å². The van der Waals surface area contributed by atoms with Gasteiger partial charge in [-0.3, -0.25) is 0 Å². The summed E-state index contributed by atoms with van der Waals surface area (Å²) in [5.41, 5.74) is 6.04. The summed E-state index contributed by atoms with van der Waals surface area (Å²) in [5.74, 6) is -0.0665. The number of fused-ring (bicyclic) bond motifs is 3. The van der Waals surface area contributed by atoms with Gasteiger partial charge in [0.25, 0.3) is 0 Å². The van der Waals surface area contributed by atoms with Crippen molar-refractivity contribution in [2.75, 3.05) is 0 Å². The zero-order valence-electron chi connectivity index (χ0n) is 11.8. The van der Waals surface area contributed by atoms with Gasteiger partial charge in [-0.2, -0.15) is 5.26 Å². The van der Waals surface area contributed by atoms with E-state index in [0.717, 1.165) is 0 Å². The minimum Gasteiger partial charge on any atom is -0.468 e. The Balaban J connectivity index is 2.11. The number of hydrogen-bond donors (Lipinski definition) is 1. The average Bonchev–Trinajstić information content (AvgIpc) is 3.08. The Hall–Kier alpha value is -3.46. The molecule has 3 heterocycles. The molecule has 3 aromatic rings. The second kappa shape index (κ2) is 4.78. The van der Waals surface area contributed by atoms with Crippen molar-refractivity contribution in [3.05, 3.63) is 75.9 Å². The number of nitrogens with zero attached hydrogens (tertiary/aromatic N) is 1. The Morgan fingerprint density at radius 2 is 2.00 bits per heavy atom. The van der Waals surface area contributed by atoms with Gasteiger partial charge in [-0.1, -0.05) is 12.1 Å². The fourth-order valence-electron chi connectivity index (χ4n) is 2.81. The van der Waals surface area contributed by atoms with Gasteiger partial charge < -0.3 is 19.3 Å². The zero-order chi connectivity index (χ0) is 16.0. The van der Waals surface area contributed by atoms with Crippen LogP contribution in [-0.2, 0) is 0 Å². The number of hydrogen-bond acceptors (Lipinski definition) is 6. The SMILES string of the molecule is N#CC1=C(N)Oc2c(c(=O)oc3ccccc23)[C@@H]1c1ccco1. The highest BCUT2D eigenvalue weighted by molar-refractivity contribution is 5.85. The van der Waals surface area contributed by atoms with Gasteiger partial charge in [-0.25, -0.2) is 4.79 Å². The van der Waals surface area contributed by atoms with Crippen LogP contribution in [0.2, 0.25) is 0 Å². The van der Waals surface area contributed by atoms with Crippen LogP contribution in [0.4, 0.5) is 0 Å². The third kappa shape index (κ3) is 1.84. The standard InChI is InChI=1S/C17H10N2O4/c18-8-10-13(12-6-3-7-21-12)14-15(23-16(10)19)9-4-1-2-5-11(9)22-17(14)20/h1-7,13H,19H2/t13-/m0/s1. The molecule has 6 heteroatoms. The fourth-order valence-corrected chi connectivity index (χ4v) is 2.81. The van der Waals surface area contributed by atoms with Crippen molar-refractivity contribution >= 4 is 11.0 Å². The number of allylic oxidation sites excluding steroid dienone is 1. The van der Waals surface area contributed by atoms with Gasteiger partial charge in [0.2, 0.25) is 5.88 Å². The van der Waals surface area contributed by atoms with E-state index >= 15 is 0 Å². The molecule has 0 saturated heterocycles. The number of benzene rings is 1. The molecule has 0 amide bonds. The number of rotatable bonds is 1. The minimum atomic E-state index is -0.750. The molecule has 0 unspecified atom stereocenters. The van der Waals surface area contributed by atoms with Gasteiger partial charge in [-0.05, 0) is 24.3 Å². The van der Waals surface area contributed by atoms with E-state index < -0.39 is 11.5 Å². The first-order chi connectivity index (χ1) is 11.2. The van der Waals surface area contributed by atoms with Gasteiger partial charge in [0, 0.05) is 0 Å². The van der Waals surface area contributed by atoms with Crippen molar-refractivity contribution in [3.63, 3.8) is 0 Å². The Kier molecular flexibility index (Phi) is 2.75. The molecule has 6 nitrogen and oxygen atoms in total. The van der Waals surface area contributed by atoms with Gasteiger partial charge in [-0.15, -0.1) is 0 Å². The maximum Gasteiger partial charge on any atom is 0.344 e. The number of nitriles is 1. The van der Waals surface area contributed by atoms with Gasteiger partial charge in [0.15, 0.2) is 5.75 Å². The first-order valence-corrected chi connectivity index (χ1v) is 6.87. The van der Waals surface area contributed by atoms with Crippen LogP contribution in [-0.4, -0.2) is 0 Å². The number of furan rings is 1. The van der Waals surface area contributed by atoms with Crippen molar-refractivity contribution in [2.24, 2.45) is 5.73 Å². The second-order valence-corrected chi connectivity index (χ2v) is 5.07. The molecule has 1 atom stereocenters. The summed E-state index contributed by atoms with van der Waals surface area (Å²) in [6, 6.07) is 12.3. The maximum atomic E-state index is 12.5.